The van der Waals surface area contributed by atoms with Crippen LogP contribution >= 0.6 is 0 Å². The van der Waals surface area contributed by atoms with Crippen molar-refractivity contribution >= 4 is 11.9 Å². The van der Waals surface area contributed by atoms with Crippen molar-refractivity contribution in [2.75, 3.05) is 26.3 Å². The molecule has 0 unspecified atom stereocenters. The lowest BCUT2D eigenvalue weighted by Gasteiger charge is -2.36. The van der Waals surface area contributed by atoms with E-state index in [0.717, 1.165) is 32.0 Å². The first-order valence-electron chi connectivity index (χ1n) is 11.5. The number of hydrogen-bond acceptors (Lipinski definition) is 7. The first-order valence-corrected chi connectivity index (χ1v) is 11.5. The maximum atomic E-state index is 12.4. The predicted octanol–water partition coefficient (Wildman–Crippen LogP) is 4.18. The van der Waals surface area contributed by atoms with Gasteiger partial charge < -0.3 is 14.2 Å². The average molecular weight is 439 g/mol. The molecule has 2 aromatic rings. The van der Waals surface area contributed by atoms with Crippen molar-refractivity contribution in [3.05, 3.63) is 52.7 Å². The molecule has 7 heteroatoms. The van der Waals surface area contributed by atoms with Crippen LogP contribution in [0.3, 0.4) is 0 Å². The summed E-state index contributed by atoms with van der Waals surface area (Å²) in [6.45, 7) is 5.96. The number of esters is 2. The van der Waals surface area contributed by atoms with E-state index >= 15 is 0 Å². The molecule has 4 rings (SSSR count). The minimum Gasteiger partial charge on any atom is -0.462 e. The molecule has 7 nitrogen and oxygen atoms in total. The lowest BCUT2D eigenvalue weighted by atomic mass is 9.91. The van der Waals surface area contributed by atoms with Gasteiger partial charge in [-0.2, -0.15) is 0 Å². The predicted molar refractivity (Wildman–Crippen MR) is 119 cm³/mol. The highest BCUT2D eigenvalue weighted by Crippen LogP contribution is 2.30. The maximum absolute atomic E-state index is 12.4. The molecule has 0 N–H and O–H groups in total. The normalized spacial score (nSPS) is 16.4. The van der Waals surface area contributed by atoms with Gasteiger partial charge in [0.1, 0.15) is 5.75 Å². The SMILES string of the molecule is CCOC(=O)c1ccc(Oc2ccc3c(c2)CCN(C2CCC2)CC3)nc1C(=O)OCC. The van der Waals surface area contributed by atoms with Crippen LogP contribution in [0.1, 0.15) is 65.1 Å². The highest BCUT2D eigenvalue weighted by Gasteiger charge is 2.26. The van der Waals surface area contributed by atoms with E-state index in [0.29, 0.717) is 5.75 Å². The van der Waals surface area contributed by atoms with E-state index in [4.69, 9.17) is 14.2 Å². The highest BCUT2D eigenvalue weighted by atomic mass is 16.5. The van der Waals surface area contributed by atoms with E-state index < -0.39 is 11.9 Å². The van der Waals surface area contributed by atoms with Crippen molar-refractivity contribution in [3.8, 4) is 11.6 Å². The molecule has 1 aliphatic carbocycles. The zero-order valence-corrected chi connectivity index (χ0v) is 18.8. The minimum atomic E-state index is -0.681. The van der Waals surface area contributed by atoms with E-state index in [1.165, 1.54) is 36.5 Å². The molecule has 1 fully saturated rings. The molecule has 1 saturated carbocycles. The Bertz CT molecular complexity index is 986. The third-order valence-corrected chi connectivity index (χ3v) is 6.16. The number of carbonyl (C=O) groups is 2. The van der Waals surface area contributed by atoms with Crippen molar-refractivity contribution < 1.29 is 23.8 Å². The van der Waals surface area contributed by atoms with E-state index in [9.17, 15) is 9.59 Å². The molecule has 0 spiro atoms. The van der Waals surface area contributed by atoms with Crippen LogP contribution in [0.15, 0.2) is 30.3 Å². The Kier molecular flexibility index (Phi) is 7.05. The zero-order valence-electron chi connectivity index (χ0n) is 18.8. The van der Waals surface area contributed by atoms with Crippen molar-refractivity contribution in [1.82, 2.24) is 9.88 Å². The third kappa shape index (κ3) is 4.93. The Labute approximate surface area is 188 Å². The number of carbonyl (C=O) groups excluding carboxylic acids is 2. The van der Waals surface area contributed by atoms with Crippen LogP contribution in [0.25, 0.3) is 0 Å². The summed E-state index contributed by atoms with van der Waals surface area (Å²) < 4.78 is 16.1. The monoisotopic (exact) mass is 438 g/mol. The smallest absolute Gasteiger partial charge is 0.357 e. The largest absolute Gasteiger partial charge is 0.462 e. The van der Waals surface area contributed by atoms with E-state index in [2.05, 4.69) is 22.0 Å². The van der Waals surface area contributed by atoms with E-state index in [1.54, 1.807) is 19.9 Å². The molecular weight excluding hydrogens is 408 g/mol. The number of fused-ring (bicyclic) bond motifs is 1. The molecule has 1 aliphatic heterocycles. The molecule has 1 aromatic carbocycles. The summed E-state index contributed by atoms with van der Waals surface area (Å²) in [6, 6.07) is 9.93. The van der Waals surface area contributed by atoms with Crippen molar-refractivity contribution in [3.63, 3.8) is 0 Å². The summed E-state index contributed by atoms with van der Waals surface area (Å²) in [4.78, 5) is 31.5. The summed E-state index contributed by atoms with van der Waals surface area (Å²) in [7, 11) is 0. The zero-order chi connectivity index (χ0) is 22.5. The lowest BCUT2D eigenvalue weighted by Crippen LogP contribution is -2.41. The second-order valence-electron chi connectivity index (χ2n) is 8.14. The van der Waals surface area contributed by atoms with Gasteiger partial charge in [-0.25, -0.2) is 14.6 Å². The van der Waals surface area contributed by atoms with Crippen molar-refractivity contribution in [2.24, 2.45) is 0 Å². The third-order valence-electron chi connectivity index (χ3n) is 6.16. The number of pyridine rings is 1. The maximum Gasteiger partial charge on any atom is 0.357 e. The van der Waals surface area contributed by atoms with Crippen LogP contribution in [-0.4, -0.2) is 54.2 Å². The van der Waals surface area contributed by atoms with Gasteiger partial charge in [0, 0.05) is 25.2 Å². The van der Waals surface area contributed by atoms with Crippen LogP contribution in [0.5, 0.6) is 11.6 Å². The van der Waals surface area contributed by atoms with E-state index in [1.807, 2.05) is 6.07 Å². The lowest BCUT2D eigenvalue weighted by molar-refractivity contribution is 0.0472. The van der Waals surface area contributed by atoms with Gasteiger partial charge in [-0.3, -0.25) is 4.90 Å². The molecule has 170 valence electrons. The summed E-state index contributed by atoms with van der Waals surface area (Å²) in [6.07, 6.45) is 6.03. The van der Waals surface area contributed by atoms with Crippen molar-refractivity contribution in [2.45, 2.75) is 52.0 Å². The van der Waals surface area contributed by atoms with Crippen LogP contribution in [-0.2, 0) is 22.3 Å². The first kappa shape index (κ1) is 22.3. The Morgan fingerprint density at radius 2 is 1.69 bits per heavy atom. The molecule has 0 bridgehead atoms. The van der Waals surface area contributed by atoms with Gasteiger partial charge in [0.05, 0.1) is 18.8 Å². The second kappa shape index (κ2) is 10.1. The molecule has 0 atom stereocenters. The summed E-state index contributed by atoms with van der Waals surface area (Å²) in [5.74, 6) is -0.410. The van der Waals surface area contributed by atoms with Gasteiger partial charge in [-0.1, -0.05) is 12.5 Å². The van der Waals surface area contributed by atoms with Gasteiger partial charge in [0.15, 0.2) is 5.69 Å². The fourth-order valence-corrected chi connectivity index (χ4v) is 4.25. The molecule has 0 saturated heterocycles. The fourth-order valence-electron chi connectivity index (χ4n) is 4.25. The highest BCUT2D eigenvalue weighted by molar-refractivity contribution is 6.01. The van der Waals surface area contributed by atoms with Crippen LogP contribution in [0, 0.1) is 0 Å². The molecule has 32 heavy (non-hydrogen) atoms. The number of hydrogen-bond donors (Lipinski definition) is 0. The topological polar surface area (TPSA) is 78.0 Å². The molecular formula is C25H30N2O5. The minimum absolute atomic E-state index is 0.0654. The Morgan fingerprint density at radius 3 is 2.38 bits per heavy atom. The van der Waals surface area contributed by atoms with Gasteiger partial charge in [-0.15, -0.1) is 0 Å². The number of ether oxygens (including phenoxy) is 3. The Balaban J connectivity index is 1.52. The number of benzene rings is 1. The van der Waals surface area contributed by atoms with Gasteiger partial charge >= 0.3 is 11.9 Å². The standard InChI is InChI=1S/C25H30N2O5/c1-3-30-24(28)21-10-11-22(26-23(21)25(29)31-4-2)32-20-9-8-17-12-14-27(19-6-5-7-19)15-13-18(17)16-20/h8-11,16,19H,3-7,12-15H2,1-2H3. The quantitative estimate of drug-likeness (QED) is 0.600. The van der Waals surface area contributed by atoms with Gasteiger partial charge in [-0.05, 0) is 68.9 Å². The van der Waals surface area contributed by atoms with Gasteiger partial charge in [0.25, 0.3) is 0 Å². The molecule has 1 aromatic heterocycles. The molecule has 0 amide bonds. The molecule has 0 radical (unpaired) electrons. The average Bonchev–Trinajstić information content (AvgIpc) is 2.95. The van der Waals surface area contributed by atoms with Crippen molar-refractivity contribution in [1.29, 1.82) is 0 Å². The number of aromatic nitrogens is 1. The summed E-state index contributed by atoms with van der Waals surface area (Å²) in [5, 5.41) is 0. The molecule has 2 aliphatic rings. The molecule has 2 heterocycles. The first-order chi connectivity index (χ1) is 15.6. The number of rotatable bonds is 7. The number of nitrogens with zero attached hydrogens (tertiary/aromatic N) is 2. The van der Waals surface area contributed by atoms with Crippen LogP contribution < -0.4 is 4.74 Å². The van der Waals surface area contributed by atoms with E-state index in [-0.39, 0.29) is 30.4 Å². The van der Waals surface area contributed by atoms with Crippen LogP contribution in [0.4, 0.5) is 0 Å². The Hall–Kier alpha value is -2.93. The Morgan fingerprint density at radius 1 is 0.969 bits per heavy atom. The second-order valence-corrected chi connectivity index (χ2v) is 8.14. The van der Waals surface area contributed by atoms with Gasteiger partial charge in [0.2, 0.25) is 5.88 Å². The summed E-state index contributed by atoms with van der Waals surface area (Å²) in [5.41, 5.74) is 2.61. The van der Waals surface area contributed by atoms with Crippen LogP contribution in [0.2, 0.25) is 0 Å². The fraction of sp³-hybridized carbons (Fsp3) is 0.480. The summed E-state index contributed by atoms with van der Waals surface area (Å²) >= 11 is 0.